The van der Waals surface area contributed by atoms with E-state index < -0.39 is 0 Å². The number of aromatic nitrogens is 1. The second kappa shape index (κ2) is 7.25. The van der Waals surface area contributed by atoms with Crippen LogP contribution >= 0.6 is 15.9 Å². The number of pyridine rings is 1. The number of halogens is 1. The van der Waals surface area contributed by atoms with Crippen molar-refractivity contribution >= 4 is 21.7 Å². The van der Waals surface area contributed by atoms with Crippen LogP contribution in [0.25, 0.3) is 0 Å². The summed E-state index contributed by atoms with van der Waals surface area (Å²) in [6.07, 6.45) is 1.70. The maximum absolute atomic E-state index is 8.98. The van der Waals surface area contributed by atoms with E-state index in [1.54, 1.807) is 12.3 Å². The number of likely N-dealkylation sites (N-methyl/N-ethyl adjacent to an activating group) is 1. The predicted molar refractivity (Wildman–Crippen MR) is 72.9 cm³/mol. The SMILES string of the molecule is CCN(CC)CCNc1ncc(Br)cc1C#N. The topological polar surface area (TPSA) is 52.0 Å². The van der Waals surface area contributed by atoms with Gasteiger partial charge in [-0.05, 0) is 35.1 Å². The van der Waals surface area contributed by atoms with Gasteiger partial charge in [0.15, 0.2) is 0 Å². The van der Waals surface area contributed by atoms with Crippen molar-refractivity contribution in [1.29, 1.82) is 5.26 Å². The summed E-state index contributed by atoms with van der Waals surface area (Å²) in [5.41, 5.74) is 0.568. The van der Waals surface area contributed by atoms with Crippen molar-refractivity contribution in [3.05, 3.63) is 22.3 Å². The third kappa shape index (κ3) is 4.33. The molecule has 0 amide bonds. The van der Waals surface area contributed by atoms with Gasteiger partial charge in [0.25, 0.3) is 0 Å². The van der Waals surface area contributed by atoms with Crippen LogP contribution in [0.1, 0.15) is 19.4 Å². The standard InChI is InChI=1S/C12H17BrN4/c1-3-17(4-2)6-5-15-12-10(8-14)7-11(13)9-16-12/h7,9H,3-6H2,1-2H3,(H,15,16). The smallest absolute Gasteiger partial charge is 0.144 e. The lowest BCUT2D eigenvalue weighted by atomic mass is 10.3. The van der Waals surface area contributed by atoms with E-state index in [0.29, 0.717) is 11.4 Å². The maximum Gasteiger partial charge on any atom is 0.144 e. The van der Waals surface area contributed by atoms with E-state index in [1.165, 1.54) is 0 Å². The summed E-state index contributed by atoms with van der Waals surface area (Å²) in [6, 6.07) is 3.90. The highest BCUT2D eigenvalue weighted by Crippen LogP contribution is 2.16. The molecule has 0 atom stereocenters. The molecule has 0 aromatic carbocycles. The molecule has 0 unspecified atom stereocenters. The molecule has 0 bridgehead atoms. The number of hydrogen-bond acceptors (Lipinski definition) is 4. The molecule has 1 N–H and O–H groups in total. The summed E-state index contributed by atoms with van der Waals surface area (Å²) in [7, 11) is 0. The highest BCUT2D eigenvalue weighted by atomic mass is 79.9. The summed E-state index contributed by atoms with van der Waals surface area (Å²) in [4.78, 5) is 6.52. The van der Waals surface area contributed by atoms with Gasteiger partial charge in [0, 0.05) is 23.8 Å². The van der Waals surface area contributed by atoms with Crippen molar-refractivity contribution < 1.29 is 0 Å². The number of rotatable bonds is 6. The van der Waals surface area contributed by atoms with Gasteiger partial charge in [-0.1, -0.05) is 13.8 Å². The normalized spacial score (nSPS) is 10.3. The van der Waals surface area contributed by atoms with E-state index in [4.69, 9.17) is 5.26 Å². The molecule has 0 radical (unpaired) electrons. The largest absolute Gasteiger partial charge is 0.368 e. The van der Waals surface area contributed by atoms with E-state index in [0.717, 1.165) is 30.7 Å². The van der Waals surface area contributed by atoms with E-state index in [2.05, 4.69) is 51.0 Å². The Balaban J connectivity index is 2.55. The summed E-state index contributed by atoms with van der Waals surface area (Å²) in [6.45, 7) is 8.11. The van der Waals surface area contributed by atoms with Crippen molar-refractivity contribution in [3.63, 3.8) is 0 Å². The van der Waals surface area contributed by atoms with Crippen molar-refractivity contribution in [2.24, 2.45) is 0 Å². The summed E-state index contributed by atoms with van der Waals surface area (Å²) >= 11 is 3.30. The van der Waals surface area contributed by atoms with Gasteiger partial charge in [-0.25, -0.2) is 4.98 Å². The number of nitrogens with one attached hydrogen (secondary N) is 1. The quantitative estimate of drug-likeness (QED) is 0.876. The Morgan fingerprint density at radius 2 is 2.18 bits per heavy atom. The fourth-order valence-electron chi connectivity index (χ4n) is 1.54. The summed E-state index contributed by atoms with van der Waals surface area (Å²) in [5, 5.41) is 12.2. The average Bonchev–Trinajstić information content (AvgIpc) is 2.36. The fourth-order valence-corrected chi connectivity index (χ4v) is 1.87. The van der Waals surface area contributed by atoms with Crippen LogP contribution in [-0.4, -0.2) is 36.1 Å². The molecule has 4 nitrogen and oxygen atoms in total. The van der Waals surface area contributed by atoms with Crippen molar-refractivity contribution in [3.8, 4) is 6.07 Å². The zero-order valence-corrected chi connectivity index (χ0v) is 11.8. The monoisotopic (exact) mass is 296 g/mol. The second-order valence-corrected chi connectivity index (χ2v) is 4.53. The molecule has 0 saturated carbocycles. The van der Waals surface area contributed by atoms with Crippen LogP contribution in [0.3, 0.4) is 0 Å². The van der Waals surface area contributed by atoms with Crippen LogP contribution in [0.5, 0.6) is 0 Å². The Hall–Kier alpha value is -1.12. The molecule has 0 saturated heterocycles. The van der Waals surface area contributed by atoms with E-state index in [-0.39, 0.29) is 0 Å². The van der Waals surface area contributed by atoms with Gasteiger partial charge in [0.05, 0.1) is 5.56 Å². The minimum Gasteiger partial charge on any atom is -0.368 e. The van der Waals surface area contributed by atoms with Gasteiger partial charge in [0.1, 0.15) is 11.9 Å². The van der Waals surface area contributed by atoms with Gasteiger partial charge < -0.3 is 10.2 Å². The van der Waals surface area contributed by atoms with E-state index in [1.807, 2.05) is 0 Å². The minimum absolute atomic E-state index is 0.568. The molecule has 0 fully saturated rings. The van der Waals surface area contributed by atoms with Crippen LogP contribution in [0.4, 0.5) is 5.82 Å². The van der Waals surface area contributed by atoms with E-state index in [9.17, 15) is 0 Å². The van der Waals surface area contributed by atoms with Gasteiger partial charge in [0.2, 0.25) is 0 Å². The Morgan fingerprint density at radius 3 is 2.76 bits per heavy atom. The molecule has 1 heterocycles. The zero-order valence-electron chi connectivity index (χ0n) is 10.2. The fraction of sp³-hybridized carbons (Fsp3) is 0.500. The summed E-state index contributed by atoms with van der Waals surface area (Å²) in [5.74, 6) is 0.655. The molecule has 17 heavy (non-hydrogen) atoms. The molecule has 92 valence electrons. The number of anilines is 1. The molecule has 1 rings (SSSR count). The second-order valence-electron chi connectivity index (χ2n) is 3.62. The predicted octanol–water partition coefficient (Wildman–Crippen LogP) is 2.47. The molecule has 0 aliphatic heterocycles. The third-order valence-corrected chi connectivity index (χ3v) is 3.02. The molecular formula is C12H17BrN4. The first-order valence-corrected chi connectivity index (χ1v) is 6.52. The zero-order chi connectivity index (χ0) is 12.7. The molecule has 1 aromatic rings. The molecular weight excluding hydrogens is 280 g/mol. The van der Waals surface area contributed by atoms with Crippen molar-refractivity contribution in [1.82, 2.24) is 9.88 Å². The number of hydrogen-bond donors (Lipinski definition) is 1. The number of nitrogens with zero attached hydrogens (tertiary/aromatic N) is 3. The highest BCUT2D eigenvalue weighted by molar-refractivity contribution is 9.10. The van der Waals surface area contributed by atoms with Gasteiger partial charge in [-0.3, -0.25) is 0 Å². The van der Waals surface area contributed by atoms with Crippen LogP contribution in [0.15, 0.2) is 16.7 Å². The van der Waals surface area contributed by atoms with Crippen LogP contribution < -0.4 is 5.32 Å². The lowest BCUT2D eigenvalue weighted by Crippen LogP contribution is -2.28. The van der Waals surface area contributed by atoms with Gasteiger partial charge >= 0.3 is 0 Å². The Labute approximate surface area is 111 Å². The van der Waals surface area contributed by atoms with Crippen molar-refractivity contribution in [2.45, 2.75) is 13.8 Å². The first-order valence-electron chi connectivity index (χ1n) is 5.73. The minimum atomic E-state index is 0.568. The maximum atomic E-state index is 8.98. The van der Waals surface area contributed by atoms with Crippen LogP contribution in [0, 0.1) is 11.3 Å². The molecule has 0 aliphatic rings. The number of nitriles is 1. The molecule has 0 aliphatic carbocycles. The lowest BCUT2D eigenvalue weighted by molar-refractivity contribution is 0.316. The molecule has 5 heteroatoms. The molecule has 0 spiro atoms. The first kappa shape index (κ1) is 13.9. The van der Waals surface area contributed by atoms with E-state index >= 15 is 0 Å². The van der Waals surface area contributed by atoms with Crippen LogP contribution in [-0.2, 0) is 0 Å². The average molecular weight is 297 g/mol. The summed E-state index contributed by atoms with van der Waals surface area (Å²) < 4.78 is 0.823. The third-order valence-electron chi connectivity index (χ3n) is 2.59. The van der Waals surface area contributed by atoms with Gasteiger partial charge in [-0.15, -0.1) is 0 Å². The van der Waals surface area contributed by atoms with Crippen molar-refractivity contribution in [2.75, 3.05) is 31.5 Å². The van der Waals surface area contributed by atoms with Gasteiger partial charge in [-0.2, -0.15) is 5.26 Å². The lowest BCUT2D eigenvalue weighted by Gasteiger charge is -2.18. The van der Waals surface area contributed by atoms with Crippen LogP contribution in [0.2, 0.25) is 0 Å². The Bertz CT molecular complexity index is 396. The Kier molecular flexibility index (Phi) is 5.95. The highest BCUT2D eigenvalue weighted by Gasteiger charge is 2.04. The first-order chi connectivity index (χ1) is 8.21. The molecule has 1 aromatic heterocycles. The Morgan fingerprint density at radius 1 is 1.47 bits per heavy atom.